The Balaban J connectivity index is 2.30. The van der Waals surface area contributed by atoms with Crippen LogP contribution < -0.4 is 5.32 Å². The number of piperidine rings is 1. The van der Waals surface area contributed by atoms with Crippen molar-refractivity contribution in [3.63, 3.8) is 0 Å². The van der Waals surface area contributed by atoms with Gasteiger partial charge in [0.25, 0.3) is 5.91 Å². The monoisotopic (exact) mass is 246 g/mol. The van der Waals surface area contributed by atoms with Crippen molar-refractivity contribution < 1.29 is 4.79 Å². The van der Waals surface area contributed by atoms with Crippen LogP contribution in [-0.2, 0) is 0 Å². The fraction of sp³-hybridized carbons (Fsp3) is 0.533. The standard InChI is InChI=1S/C15H22N2O/c1-11-4-5-13(15(18)16-2)14(10-11)12-6-8-17(3)9-7-12/h4-5,10,12H,6-9H2,1-3H3,(H,16,18). The van der Waals surface area contributed by atoms with E-state index >= 15 is 0 Å². The highest BCUT2D eigenvalue weighted by Gasteiger charge is 2.22. The Morgan fingerprint density at radius 1 is 1.33 bits per heavy atom. The highest BCUT2D eigenvalue weighted by atomic mass is 16.1. The molecule has 1 heterocycles. The van der Waals surface area contributed by atoms with Crippen LogP contribution in [0.1, 0.15) is 40.2 Å². The molecular weight excluding hydrogens is 224 g/mol. The first-order valence-corrected chi connectivity index (χ1v) is 6.63. The number of hydrogen-bond acceptors (Lipinski definition) is 2. The lowest BCUT2D eigenvalue weighted by molar-refractivity contribution is 0.0961. The summed E-state index contributed by atoms with van der Waals surface area (Å²) in [6.07, 6.45) is 2.29. The summed E-state index contributed by atoms with van der Waals surface area (Å²) in [5.74, 6) is 0.553. The van der Waals surface area contributed by atoms with Gasteiger partial charge in [-0.2, -0.15) is 0 Å². The average molecular weight is 246 g/mol. The molecule has 1 aliphatic heterocycles. The lowest BCUT2D eigenvalue weighted by Gasteiger charge is -2.30. The third-order valence-corrected chi connectivity index (χ3v) is 3.84. The van der Waals surface area contributed by atoms with E-state index in [1.54, 1.807) is 7.05 Å². The molecule has 18 heavy (non-hydrogen) atoms. The molecule has 2 rings (SSSR count). The van der Waals surface area contributed by atoms with Crippen LogP contribution in [0.15, 0.2) is 18.2 Å². The van der Waals surface area contributed by atoms with E-state index in [1.807, 2.05) is 12.1 Å². The molecule has 0 saturated carbocycles. The van der Waals surface area contributed by atoms with Crippen molar-refractivity contribution in [1.82, 2.24) is 10.2 Å². The second-order valence-corrected chi connectivity index (χ2v) is 5.25. The van der Waals surface area contributed by atoms with Crippen molar-refractivity contribution in [2.75, 3.05) is 27.2 Å². The molecule has 1 aromatic carbocycles. The van der Waals surface area contributed by atoms with Gasteiger partial charge in [-0.15, -0.1) is 0 Å². The molecule has 1 saturated heterocycles. The largest absolute Gasteiger partial charge is 0.355 e. The summed E-state index contributed by atoms with van der Waals surface area (Å²) in [4.78, 5) is 14.3. The quantitative estimate of drug-likeness (QED) is 0.867. The second-order valence-electron chi connectivity index (χ2n) is 5.25. The third-order valence-electron chi connectivity index (χ3n) is 3.84. The van der Waals surface area contributed by atoms with E-state index in [9.17, 15) is 4.79 Å². The highest BCUT2D eigenvalue weighted by Crippen LogP contribution is 2.30. The molecule has 1 N–H and O–H groups in total. The molecule has 3 nitrogen and oxygen atoms in total. The van der Waals surface area contributed by atoms with Gasteiger partial charge in [0, 0.05) is 12.6 Å². The zero-order chi connectivity index (χ0) is 13.1. The van der Waals surface area contributed by atoms with Crippen molar-refractivity contribution >= 4 is 5.91 Å². The van der Waals surface area contributed by atoms with Crippen LogP contribution in [-0.4, -0.2) is 38.0 Å². The Hall–Kier alpha value is -1.35. The minimum absolute atomic E-state index is 0.0314. The van der Waals surface area contributed by atoms with E-state index < -0.39 is 0 Å². The molecule has 98 valence electrons. The van der Waals surface area contributed by atoms with Crippen molar-refractivity contribution in [2.45, 2.75) is 25.7 Å². The number of rotatable bonds is 2. The minimum Gasteiger partial charge on any atom is -0.355 e. The fourth-order valence-electron chi connectivity index (χ4n) is 2.68. The zero-order valence-electron chi connectivity index (χ0n) is 11.5. The number of likely N-dealkylation sites (tertiary alicyclic amines) is 1. The number of amides is 1. The normalized spacial score (nSPS) is 17.7. The van der Waals surface area contributed by atoms with Crippen LogP contribution >= 0.6 is 0 Å². The van der Waals surface area contributed by atoms with E-state index in [0.717, 1.165) is 31.5 Å². The van der Waals surface area contributed by atoms with Crippen molar-refractivity contribution in [3.05, 3.63) is 34.9 Å². The molecule has 0 aromatic heterocycles. The third kappa shape index (κ3) is 2.72. The highest BCUT2D eigenvalue weighted by molar-refractivity contribution is 5.95. The maximum Gasteiger partial charge on any atom is 0.251 e. The number of aryl methyl sites for hydroxylation is 1. The number of carbonyl (C=O) groups is 1. The number of nitrogens with one attached hydrogen (secondary N) is 1. The lowest BCUT2D eigenvalue weighted by atomic mass is 9.85. The molecular formula is C15H22N2O. The maximum atomic E-state index is 11.9. The number of benzene rings is 1. The van der Waals surface area contributed by atoms with Crippen LogP contribution in [0, 0.1) is 6.92 Å². The summed E-state index contributed by atoms with van der Waals surface area (Å²) in [7, 11) is 3.85. The molecule has 1 fully saturated rings. The van der Waals surface area contributed by atoms with Gasteiger partial charge < -0.3 is 10.2 Å². The van der Waals surface area contributed by atoms with Gasteiger partial charge in [0.05, 0.1) is 0 Å². The molecule has 1 aliphatic rings. The summed E-state index contributed by atoms with van der Waals surface area (Å²) in [6, 6.07) is 6.16. The van der Waals surface area contributed by atoms with Crippen molar-refractivity contribution in [3.8, 4) is 0 Å². The molecule has 1 aromatic rings. The maximum absolute atomic E-state index is 11.9. The molecule has 3 heteroatoms. The lowest BCUT2D eigenvalue weighted by Crippen LogP contribution is -2.30. The van der Waals surface area contributed by atoms with Crippen LogP contribution in [0.5, 0.6) is 0 Å². The predicted octanol–water partition coefficient (Wildman–Crippen LogP) is 2.16. The van der Waals surface area contributed by atoms with Gasteiger partial charge in [-0.3, -0.25) is 4.79 Å². The van der Waals surface area contributed by atoms with Crippen LogP contribution in [0.4, 0.5) is 0 Å². The van der Waals surface area contributed by atoms with Crippen LogP contribution in [0.2, 0.25) is 0 Å². The first-order chi connectivity index (χ1) is 8.61. The molecule has 0 bridgehead atoms. The average Bonchev–Trinajstić information content (AvgIpc) is 2.38. The van der Waals surface area contributed by atoms with E-state index in [4.69, 9.17) is 0 Å². The Kier molecular flexibility index (Phi) is 4.02. The first kappa shape index (κ1) is 13.1. The molecule has 0 radical (unpaired) electrons. The smallest absolute Gasteiger partial charge is 0.251 e. The van der Waals surface area contributed by atoms with E-state index in [1.165, 1.54) is 11.1 Å². The van der Waals surface area contributed by atoms with E-state index in [-0.39, 0.29) is 5.91 Å². The molecule has 1 amide bonds. The molecule has 0 spiro atoms. The SMILES string of the molecule is CNC(=O)c1ccc(C)cc1C1CCN(C)CC1. The number of nitrogens with zero attached hydrogens (tertiary/aromatic N) is 1. The Bertz CT molecular complexity index is 434. The van der Waals surface area contributed by atoms with Crippen LogP contribution in [0.25, 0.3) is 0 Å². The summed E-state index contributed by atoms with van der Waals surface area (Å²) in [6.45, 7) is 4.32. The van der Waals surface area contributed by atoms with Gasteiger partial charge in [0.1, 0.15) is 0 Å². The van der Waals surface area contributed by atoms with Crippen molar-refractivity contribution in [2.24, 2.45) is 0 Å². The topological polar surface area (TPSA) is 32.3 Å². The number of carbonyl (C=O) groups excluding carboxylic acids is 1. The number of hydrogen-bond donors (Lipinski definition) is 1. The summed E-state index contributed by atoms with van der Waals surface area (Å²) in [5, 5.41) is 2.74. The van der Waals surface area contributed by atoms with Gasteiger partial charge in [-0.05, 0) is 57.5 Å². The van der Waals surface area contributed by atoms with Crippen molar-refractivity contribution in [1.29, 1.82) is 0 Å². The Morgan fingerprint density at radius 2 is 2.00 bits per heavy atom. The Morgan fingerprint density at radius 3 is 2.61 bits per heavy atom. The van der Waals surface area contributed by atoms with E-state index in [2.05, 4.69) is 30.3 Å². The predicted molar refractivity (Wildman–Crippen MR) is 74.0 cm³/mol. The summed E-state index contributed by atoms with van der Waals surface area (Å²) in [5.41, 5.74) is 3.30. The summed E-state index contributed by atoms with van der Waals surface area (Å²) < 4.78 is 0. The first-order valence-electron chi connectivity index (χ1n) is 6.63. The van der Waals surface area contributed by atoms with Crippen LogP contribution in [0.3, 0.4) is 0 Å². The molecule has 0 atom stereocenters. The Labute approximate surface area is 109 Å². The van der Waals surface area contributed by atoms with E-state index in [0.29, 0.717) is 5.92 Å². The van der Waals surface area contributed by atoms with Gasteiger partial charge in [0.15, 0.2) is 0 Å². The fourth-order valence-corrected chi connectivity index (χ4v) is 2.68. The van der Waals surface area contributed by atoms with Gasteiger partial charge >= 0.3 is 0 Å². The zero-order valence-corrected chi connectivity index (χ0v) is 11.5. The molecule has 0 aliphatic carbocycles. The second kappa shape index (κ2) is 5.53. The summed E-state index contributed by atoms with van der Waals surface area (Å²) >= 11 is 0. The molecule has 0 unspecified atom stereocenters. The van der Waals surface area contributed by atoms with Gasteiger partial charge in [-0.1, -0.05) is 17.7 Å². The minimum atomic E-state index is 0.0314. The van der Waals surface area contributed by atoms with Gasteiger partial charge in [0.2, 0.25) is 0 Å². The van der Waals surface area contributed by atoms with Gasteiger partial charge in [-0.25, -0.2) is 0 Å².